The van der Waals surface area contributed by atoms with Crippen molar-refractivity contribution in [2.75, 3.05) is 7.11 Å². The van der Waals surface area contributed by atoms with Gasteiger partial charge in [0.2, 0.25) is 0 Å². The van der Waals surface area contributed by atoms with Crippen molar-refractivity contribution in [2.24, 2.45) is 0 Å². The summed E-state index contributed by atoms with van der Waals surface area (Å²) in [5.41, 5.74) is -1.30. The highest BCUT2D eigenvalue weighted by molar-refractivity contribution is 14.1. The summed E-state index contributed by atoms with van der Waals surface area (Å²) in [5, 5.41) is 8.66. The molecule has 7 heteroatoms. The molecular formula is C9H5F2IN2O2. The van der Waals surface area contributed by atoms with Crippen LogP contribution in [0.1, 0.15) is 27.9 Å². The Labute approximate surface area is 103 Å². The standard InChI is InChI=1S/C9H5F2IN2O2/c1-16-9(15)6-5(7(10)11)4(2-13)3-14-8(6)12/h3,7H,1H3. The van der Waals surface area contributed by atoms with Gasteiger partial charge in [0.25, 0.3) is 6.43 Å². The van der Waals surface area contributed by atoms with Gasteiger partial charge in [-0.2, -0.15) is 5.26 Å². The van der Waals surface area contributed by atoms with E-state index in [1.165, 1.54) is 0 Å². The van der Waals surface area contributed by atoms with Gasteiger partial charge in [-0.1, -0.05) is 0 Å². The molecule has 0 bridgehead atoms. The van der Waals surface area contributed by atoms with E-state index < -0.39 is 18.0 Å². The lowest BCUT2D eigenvalue weighted by molar-refractivity contribution is 0.0587. The fourth-order valence-corrected chi connectivity index (χ4v) is 1.76. The van der Waals surface area contributed by atoms with Gasteiger partial charge < -0.3 is 4.74 Å². The predicted molar refractivity (Wildman–Crippen MR) is 58.0 cm³/mol. The van der Waals surface area contributed by atoms with Gasteiger partial charge in [-0.15, -0.1) is 0 Å². The molecule has 4 nitrogen and oxygen atoms in total. The molecule has 0 N–H and O–H groups in total. The number of alkyl halides is 2. The lowest BCUT2D eigenvalue weighted by Gasteiger charge is -2.09. The third kappa shape index (κ3) is 2.27. The average Bonchev–Trinajstić information content (AvgIpc) is 2.27. The van der Waals surface area contributed by atoms with E-state index in [2.05, 4.69) is 9.72 Å². The first-order valence-electron chi connectivity index (χ1n) is 3.97. The monoisotopic (exact) mass is 338 g/mol. The minimum atomic E-state index is -2.93. The number of nitrogens with zero attached hydrogens (tertiary/aromatic N) is 2. The van der Waals surface area contributed by atoms with Crippen LogP contribution in [0.25, 0.3) is 0 Å². The Morgan fingerprint density at radius 3 is 2.75 bits per heavy atom. The number of hydrogen-bond acceptors (Lipinski definition) is 4. The van der Waals surface area contributed by atoms with Crippen molar-refractivity contribution in [2.45, 2.75) is 6.43 Å². The quantitative estimate of drug-likeness (QED) is 0.472. The zero-order valence-electron chi connectivity index (χ0n) is 8.00. The fourth-order valence-electron chi connectivity index (χ4n) is 1.11. The van der Waals surface area contributed by atoms with Crippen LogP contribution in [0.3, 0.4) is 0 Å². The molecule has 1 aromatic rings. The Morgan fingerprint density at radius 1 is 1.69 bits per heavy atom. The Bertz CT molecular complexity index is 471. The SMILES string of the molecule is COC(=O)c1c(I)ncc(C#N)c1C(F)F. The first kappa shape index (κ1) is 12.8. The number of ether oxygens (including phenoxy) is 1. The molecule has 0 amide bonds. The topological polar surface area (TPSA) is 63.0 Å². The smallest absolute Gasteiger partial charge is 0.341 e. The largest absolute Gasteiger partial charge is 0.465 e. The molecule has 84 valence electrons. The maximum Gasteiger partial charge on any atom is 0.341 e. The minimum absolute atomic E-state index is 0.0822. The van der Waals surface area contributed by atoms with Crippen LogP contribution in [-0.4, -0.2) is 18.1 Å². The van der Waals surface area contributed by atoms with Gasteiger partial charge in [0.1, 0.15) is 15.3 Å². The van der Waals surface area contributed by atoms with Gasteiger partial charge in [0.15, 0.2) is 0 Å². The Balaban J connectivity index is 3.56. The van der Waals surface area contributed by atoms with Crippen LogP contribution in [-0.2, 0) is 4.74 Å². The Kier molecular flexibility index (Phi) is 4.12. The Hall–Kier alpha value is -1.30. The molecule has 1 aromatic heterocycles. The lowest BCUT2D eigenvalue weighted by Crippen LogP contribution is -2.12. The molecule has 0 aromatic carbocycles. The van der Waals surface area contributed by atoms with Crippen molar-refractivity contribution in [3.8, 4) is 6.07 Å². The van der Waals surface area contributed by atoms with Crippen molar-refractivity contribution in [1.29, 1.82) is 5.26 Å². The third-order valence-electron chi connectivity index (χ3n) is 1.80. The van der Waals surface area contributed by atoms with Gasteiger partial charge in [-0.25, -0.2) is 18.6 Å². The number of methoxy groups -OCH3 is 1. The van der Waals surface area contributed by atoms with Crippen LogP contribution < -0.4 is 0 Å². The van der Waals surface area contributed by atoms with Crippen molar-refractivity contribution in [3.05, 3.63) is 26.6 Å². The zero-order chi connectivity index (χ0) is 12.3. The highest BCUT2D eigenvalue weighted by Crippen LogP contribution is 2.29. The average molecular weight is 338 g/mol. The summed E-state index contributed by atoms with van der Waals surface area (Å²) in [4.78, 5) is 15.0. The number of carbonyl (C=O) groups excluding carboxylic acids is 1. The molecule has 0 aliphatic heterocycles. The number of pyridine rings is 1. The minimum Gasteiger partial charge on any atom is -0.465 e. The molecule has 0 atom stereocenters. The van der Waals surface area contributed by atoms with Gasteiger partial charge in [0.05, 0.1) is 18.2 Å². The molecule has 16 heavy (non-hydrogen) atoms. The van der Waals surface area contributed by atoms with Gasteiger partial charge in [-0.05, 0) is 22.6 Å². The van der Waals surface area contributed by atoms with Gasteiger partial charge in [0, 0.05) is 6.20 Å². The third-order valence-corrected chi connectivity index (χ3v) is 2.62. The van der Waals surface area contributed by atoms with E-state index in [9.17, 15) is 13.6 Å². The molecule has 0 fully saturated rings. The highest BCUT2D eigenvalue weighted by Gasteiger charge is 2.26. The molecule has 0 radical (unpaired) electrons. The molecule has 0 aliphatic rings. The van der Waals surface area contributed by atoms with Crippen molar-refractivity contribution < 1.29 is 18.3 Å². The normalized spacial score (nSPS) is 10.0. The number of nitriles is 1. The van der Waals surface area contributed by atoms with Crippen molar-refractivity contribution >= 4 is 28.6 Å². The van der Waals surface area contributed by atoms with E-state index in [0.717, 1.165) is 13.3 Å². The van der Waals surface area contributed by atoms with Gasteiger partial charge >= 0.3 is 5.97 Å². The van der Waals surface area contributed by atoms with E-state index in [0.29, 0.717) is 0 Å². The number of esters is 1. The van der Waals surface area contributed by atoms with Crippen LogP contribution in [0.5, 0.6) is 0 Å². The van der Waals surface area contributed by atoms with E-state index in [4.69, 9.17) is 5.26 Å². The summed E-state index contributed by atoms with van der Waals surface area (Å²) in [7, 11) is 1.08. The fraction of sp³-hybridized carbons (Fsp3) is 0.222. The highest BCUT2D eigenvalue weighted by atomic mass is 127. The molecule has 0 unspecified atom stereocenters. The van der Waals surface area contributed by atoms with Crippen LogP contribution in [0.4, 0.5) is 8.78 Å². The van der Waals surface area contributed by atoms with E-state index in [-0.39, 0.29) is 14.8 Å². The number of aromatic nitrogens is 1. The summed E-state index contributed by atoms with van der Waals surface area (Å²) in [6.45, 7) is 0. The summed E-state index contributed by atoms with van der Waals surface area (Å²) < 4.78 is 30.0. The molecule has 0 spiro atoms. The summed E-state index contributed by atoms with van der Waals surface area (Å²) in [5.74, 6) is -0.927. The number of halogens is 3. The van der Waals surface area contributed by atoms with Crippen LogP contribution >= 0.6 is 22.6 Å². The second-order valence-corrected chi connectivity index (χ2v) is 3.68. The molecule has 1 heterocycles. The number of hydrogen-bond donors (Lipinski definition) is 0. The number of carbonyl (C=O) groups is 1. The van der Waals surface area contributed by atoms with E-state index >= 15 is 0 Å². The molecular weight excluding hydrogens is 333 g/mol. The van der Waals surface area contributed by atoms with Crippen LogP contribution in [0, 0.1) is 15.0 Å². The predicted octanol–water partition coefficient (Wildman–Crippen LogP) is 2.28. The summed E-state index contributed by atoms with van der Waals surface area (Å²) in [6, 6.07) is 1.57. The van der Waals surface area contributed by atoms with Crippen LogP contribution in [0.15, 0.2) is 6.20 Å². The van der Waals surface area contributed by atoms with Crippen LogP contribution in [0.2, 0.25) is 0 Å². The van der Waals surface area contributed by atoms with Crippen molar-refractivity contribution in [3.63, 3.8) is 0 Å². The zero-order valence-corrected chi connectivity index (χ0v) is 10.2. The Morgan fingerprint density at radius 2 is 2.31 bits per heavy atom. The van der Waals surface area contributed by atoms with E-state index in [1.807, 2.05) is 0 Å². The molecule has 0 saturated heterocycles. The maximum atomic E-state index is 12.8. The first-order chi connectivity index (χ1) is 7.52. The van der Waals surface area contributed by atoms with Gasteiger partial charge in [-0.3, -0.25) is 0 Å². The molecule has 1 rings (SSSR count). The second kappa shape index (κ2) is 5.16. The maximum absolute atomic E-state index is 12.8. The first-order valence-corrected chi connectivity index (χ1v) is 5.05. The molecule has 0 saturated carbocycles. The summed E-state index contributed by atoms with van der Waals surface area (Å²) in [6.07, 6.45) is -1.92. The number of rotatable bonds is 2. The summed E-state index contributed by atoms with van der Waals surface area (Å²) >= 11 is 1.64. The second-order valence-electron chi connectivity index (χ2n) is 2.66. The molecule has 0 aliphatic carbocycles. The lowest BCUT2D eigenvalue weighted by atomic mass is 10.1. The van der Waals surface area contributed by atoms with E-state index in [1.54, 1.807) is 28.7 Å². The van der Waals surface area contributed by atoms with Crippen molar-refractivity contribution in [1.82, 2.24) is 4.98 Å².